The summed E-state index contributed by atoms with van der Waals surface area (Å²) in [5.41, 5.74) is 1.12. The molecule has 0 bridgehead atoms. The molecule has 0 unspecified atom stereocenters. The Labute approximate surface area is 83.8 Å². The lowest BCUT2D eigenvalue weighted by Gasteiger charge is -2.32. The monoisotopic (exact) mass is 190 g/mol. The number of fused-ring (bicyclic) bond motifs is 1. The Morgan fingerprint density at radius 1 is 1.21 bits per heavy atom. The third kappa shape index (κ3) is 1.26. The first-order chi connectivity index (χ1) is 6.78. The first-order valence-corrected chi connectivity index (χ1v) is 5.13. The normalized spacial score (nSPS) is 40.4. The maximum atomic E-state index is 5.88. The molecular weight excluding hydrogens is 176 g/mol. The lowest BCUT2D eigenvalue weighted by Crippen LogP contribution is -2.34. The molecule has 1 aromatic rings. The van der Waals surface area contributed by atoms with Crippen molar-refractivity contribution in [2.75, 3.05) is 6.61 Å². The van der Waals surface area contributed by atoms with Gasteiger partial charge in [-0.3, -0.25) is 0 Å². The Bertz CT molecular complexity index is 335. The molecule has 0 spiro atoms. The van der Waals surface area contributed by atoms with E-state index in [4.69, 9.17) is 9.47 Å². The summed E-state index contributed by atoms with van der Waals surface area (Å²) < 4.78 is 11.4. The highest BCUT2D eigenvalue weighted by Gasteiger charge is 2.50. The summed E-state index contributed by atoms with van der Waals surface area (Å²) >= 11 is 0. The van der Waals surface area contributed by atoms with Crippen LogP contribution < -0.4 is 0 Å². The molecule has 2 heteroatoms. The predicted molar refractivity (Wildman–Crippen MR) is 53.0 cm³/mol. The summed E-state index contributed by atoms with van der Waals surface area (Å²) in [6.45, 7) is 2.90. The van der Waals surface area contributed by atoms with E-state index in [1.165, 1.54) is 5.56 Å². The smallest absolute Gasteiger partial charge is 0.108 e. The second-order valence-electron chi connectivity index (χ2n) is 4.32. The second-order valence-corrected chi connectivity index (χ2v) is 4.32. The van der Waals surface area contributed by atoms with Gasteiger partial charge in [0.05, 0.1) is 18.3 Å². The number of benzene rings is 1. The minimum absolute atomic E-state index is 0.140. The molecule has 74 valence electrons. The fourth-order valence-corrected chi connectivity index (χ4v) is 2.21. The molecule has 2 fully saturated rings. The van der Waals surface area contributed by atoms with Gasteiger partial charge in [0.1, 0.15) is 6.10 Å². The number of hydrogen-bond acceptors (Lipinski definition) is 2. The van der Waals surface area contributed by atoms with Crippen molar-refractivity contribution in [2.45, 2.75) is 31.2 Å². The molecule has 0 radical (unpaired) electrons. The van der Waals surface area contributed by atoms with Crippen LogP contribution in [-0.2, 0) is 15.1 Å². The molecule has 14 heavy (non-hydrogen) atoms. The molecule has 0 amide bonds. The van der Waals surface area contributed by atoms with Gasteiger partial charge in [-0.1, -0.05) is 30.3 Å². The quantitative estimate of drug-likeness (QED) is 0.632. The maximum absolute atomic E-state index is 5.88. The van der Waals surface area contributed by atoms with E-state index in [1.807, 2.05) is 6.07 Å². The van der Waals surface area contributed by atoms with Gasteiger partial charge in [-0.05, 0) is 12.5 Å². The van der Waals surface area contributed by atoms with Crippen LogP contribution in [0.5, 0.6) is 0 Å². The zero-order valence-electron chi connectivity index (χ0n) is 8.27. The van der Waals surface area contributed by atoms with Crippen LogP contribution >= 0.6 is 0 Å². The molecule has 2 saturated heterocycles. The Hall–Kier alpha value is -0.860. The fourth-order valence-electron chi connectivity index (χ4n) is 2.21. The summed E-state index contributed by atoms with van der Waals surface area (Å²) in [4.78, 5) is 0. The zero-order chi connectivity index (χ0) is 9.60. The molecular formula is C12H14O2. The molecule has 2 aliphatic rings. The molecule has 2 heterocycles. The van der Waals surface area contributed by atoms with E-state index in [2.05, 4.69) is 31.2 Å². The van der Waals surface area contributed by atoms with E-state index >= 15 is 0 Å². The van der Waals surface area contributed by atoms with Crippen molar-refractivity contribution in [3.63, 3.8) is 0 Å². The van der Waals surface area contributed by atoms with Crippen molar-refractivity contribution in [1.29, 1.82) is 0 Å². The second kappa shape index (κ2) is 2.81. The van der Waals surface area contributed by atoms with Crippen LogP contribution in [0, 0.1) is 0 Å². The van der Waals surface area contributed by atoms with Crippen LogP contribution in [0.2, 0.25) is 0 Å². The van der Waals surface area contributed by atoms with Crippen LogP contribution in [-0.4, -0.2) is 18.8 Å². The highest BCUT2D eigenvalue weighted by atomic mass is 16.6. The van der Waals surface area contributed by atoms with Crippen molar-refractivity contribution in [1.82, 2.24) is 0 Å². The van der Waals surface area contributed by atoms with Gasteiger partial charge in [0.25, 0.3) is 0 Å². The lowest BCUT2D eigenvalue weighted by molar-refractivity contribution is -0.0577. The van der Waals surface area contributed by atoms with E-state index in [0.29, 0.717) is 12.2 Å². The van der Waals surface area contributed by atoms with Gasteiger partial charge in [-0.15, -0.1) is 0 Å². The number of epoxide rings is 1. The van der Waals surface area contributed by atoms with Crippen molar-refractivity contribution >= 4 is 0 Å². The summed E-state index contributed by atoms with van der Waals surface area (Å²) in [5, 5.41) is 0. The summed E-state index contributed by atoms with van der Waals surface area (Å²) in [5.74, 6) is 0. The largest absolute Gasteiger partial charge is 0.368 e. The van der Waals surface area contributed by atoms with Crippen molar-refractivity contribution in [3.05, 3.63) is 35.9 Å². The molecule has 0 aliphatic carbocycles. The minimum Gasteiger partial charge on any atom is -0.368 e. The molecule has 1 aromatic carbocycles. The van der Waals surface area contributed by atoms with Crippen LogP contribution in [0.3, 0.4) is 0 Å². The summed E-state index contributed by atoms with van der Waals surface area (Å²) in [6.07, 6.45) is 1.81. The van der Waals surface area contributed by atoms with Gasteiger partial charge in [-0.25, -0.2) is 0 Å². The predicted octanol–water partition coefficient (Wildman–Crippen LogP) is 2.09. The van der Waals surface area contributed by atoms with E-state index in [1.54, 1.807) is 0 Å². The Balaban J connectivity index is 1.89. The average molecular weight is 190 g/mol. The van der Waals surface area contributed by atoms with Crippen LogP contribution in [0.4, 0.5) is 0 Å². The molecule has 2 nitrogen and oxygen atoms in total. The number of ether oxygens (including phenoxy) is 2. The van der Waals surface area contributed by atoms with Crippen molar-refractivity contribution in [3.8, 4) is 0 Å². The van der Waals surface area contributed by atoms with Gasteiger partial charge in [0, 0.05) is 6.42 Å². The number of rotatable bonds is 1. The average Bonchev–Trinajstić information content (AvgIpc) is 2.97. The van der Waals surface area contributed by atoms with E-state index in [-0.39, 0.29) is 5.60 Å². The van der Waals surface area contributed by atoms with Crippen LogP contribution in [0.15, 0.2) is 30.3 Å². The van der Waals surface area contributed by atoms with Crippen LogP contribution in [0.1, 0.15) is 18.9 Å². The van der Waals surface area contributed by atoms with E-state index in [9.17, 15) is 0 Å². The van der Waals surface area contributed by atoms with Gasteiger partial charge < -0.3 is 9.47 Å². The van der Waals surface area contributed by atoms with Crippen LogP contribution in [0.25, 0.3) is 0 Å². The fraction of sp³-hybridized carbons (Fsp3) is 0.500. The molecule has 3 rings (SSSR count). The van der Waals surface area contributed by atoms with Gasteiger partial charge >= 0.3 is 0 Å². The SMILES string of the molecule is C[C@@]1(c2ccccc2)C[C@H]2O[C@H]2CO1. The van der Waals surface area contributed by atoms with Gasteiger partial charge in [0.15, 0.2) is 0 Å². The van der Waals surface area contributed by atoms with Crippen molar-refractivity contribution in [2.24, 2.45) is 0 Å². The van der Waals surface area contributed by atoms with Crippen molar-refractivity contribution < 1.29 is 9.47 Å². The molecule has 0 aromatic heterocycles. The Morgan fingerprint density at radius 3 is 2.71 bits per heavy atom. The van der Waals surface area contributed by atoms with Gasteiger partial charge in [0.2, 0.25) is 0 Å². The molecule has 0 N–H and O–H groups in total. The summed E-state index contributed by atoms with van der Waals surface area (Å²) in [7, 11) is 0. The maximum Gasteiger partial charge on any atom is 0.108 e. The zero-order valence-corrected chi connectivity index (χ0v) is 8.27. The van der Waals surface area contributed by atoms with E-state index < -0.39 is 0 Å². The Kier molecular flexibility index (Phi) is 1.70. The standard InChI is InChI=1S/C12H14O2/c1-12(9-5-3-2-4-6-9)7-10-11(14-10)8-13-12/h2-6,10-11H,7-8H2,1H3/t10-,11+,12+/m1/s1. The highest BCUT2D eigenvalue weighted by molar-refractivity contribution is 5.23. The minimum atomic E-state index is -0.140. The third-order valence-corrected chi connectivity index (χ3v) is 3.23. The first kappa shape index (κ1) is 8.45. The molecule has 0 saturated carbocycles. The van der Waals surface area contributed by atoms with Gasteiger partial charge in [-0.2, -0.15) is 0 Å². The number of hydrogen-bond donors (Lipinski definition) is 0. The topological polar surface area (TPSA) is 21.8 Å². The first-order valence-electron chi connectivity index (χ1n) is 5.13. The summed E-state index contributed by atoms with van der Waals surface area (Å²) in [6, 6.07) is 10.4. The lowest BCUT2D eigenvalue weighted by atomic mass is 9.88. The van der Waals surface area contributed by atoms with E-state index in [0.717, 1.165) is 13.0 Å². The molecule has 3 atom stereocenters. The Morgan fingerprint density at radius 2 is 2.00 bits per heavy atom. The highest BCUT2D eigenvalue weighted by Crippen LogP contribution is 2.43. The molecule has 2 aliphatic heterocycles. The third-order valence-electron chi connectivity index (χ3n) is 3.23.